The zero-order chi connectivity index (χ0) is 20.6. The van der Waals surface area contributed by atoms with E-state index in [1.165, 1.54) is 0 Å². The standard InChI is InChI=1S/C24H25N3O3/c28-24(26-22-12-4-5-13-23(22)30-20-9-2-1-3-10-20)27(18-21-11-7-15-29-21)17-19-8-6-14-25-16-19/h1-6,8-10,12-14,16,21H,7,11,15,17-18H2,(H,26,28). The molecule has 1 saturated heterocycles. The number of urea groups is 1. The minimum absolute atomic E-state index is 0.0585. The monoisotopic (exact) mass is 403 g/mol. The van der Waals surface area contributed by atoms with Gasteiger partial charge in [0.25, 0.3) is 0 Å². The van der Waals surface area contributed by atoms with Gasteiger partial charge in [0.05, 0.1) is 11.8 Å². The molecule has 0 saturated carbocycles. The summed E-state index contributed by atoms with van der Waals surface area (Å²) in [5.74, 6) is 1.31. The Balaban J connectivity index is 1.50. The van der Waals surface area contributed by atoms with Crippen LogP contribution in [0.3, 0.4) is 0 Å². The first-order chi connectivity index (χ1) is 14.8. The van der Waals surface area contributed by atoms with Crippen LogP contribution in [0, 0.1) is 0 Å². The lowest BCUT2D eigenvalue weighted by Gasteiger charge is -2.26. The Hall–Kier alpha value is -3.38. The number of benzene rings is 2. The summed E-state index contributed by atoms with van der Waals surface area (Å²) in [6.45, 7) is 1.74. The van der Waals surface area contributed by atoms with E-state index in [0.717, 1.165) is 25.0 Å². The predicted octanol–water partition coefficient (Wildman–Crippen LogP) is 5.09. The molecule has 2 aromatic carbocycles. The van der Waals surface area contributed by atoms with Crippen LogP contribution in [0.5, 0.6) is 11.5 Å². The summed E-state index contributed by atoms with van der Waals surface area (Å²) in [4.78, 5) is 19.1. The maximum absolute atomic E-state index is 13.2. The van der Waals surface area contributed by atoms with Gasteiger partial charge in [-0.2, -0.15) is 0 Å². The van der Waals surface area contributed by atoms with Crippen LogP contribution in [0.2, 0.25) is 0 Å². The molecule has 1 unspecified atom stereocenters. The number of ether oxygens (including phenoxy) is 2. The maximum Gasteiger partial charge on any atom is 0.322 e. The Morgan fingerprint density at radius 2 is 1.93 bits per heavy atom. The van der Waals surface area contributed by atoms with Crippen molar-refractivity contribution in [2.75, 3.05) is 18.5 Å². The van der Waals surface area contributed by atoms with E-state index < -0.39 is 0 Å². The van der Waals surface area contributed by atoms with Gasteiger partial charge in [0.2, 0.25) is 0 Å². The van der Waals surface area contributed by atoms with Crippen molar-refractivity contribution < 1.29 is 14.3 Å². The highest BCUT2D eigenvalue weighted by molar-refractivity contribution is 5.91. The summed E-state index contributed by atoms with van der Waals surface area (Å²) in [7, 11) is 0. The van der Waals surface area contributed by atoms with Crippen LogP contribution in [-0.2, 0) is 11.3 Å². The molecule has 6 heteroatoms. The second-order valence-electron chi connectivity index (χ2n) is 7.22. The van der Waals surface area contributed by atoms with E-state index in [2.05, 4.69) is 10.3 Å². The van der Waals surface area contributed by atoms with Gasteiger partial charge < -0.3 is 19.7 Å². The lowest BCUT2D eigenvalue weighted by Crippen LogP contribution is -2.39. The average Bonchev–Trinajstić information content (AvgIpc) is 3.29. The molecule has 2 amide bonds. The van der Waals surface area contributed by atoms with Gasteiger partial charge in [0.15, 0.2) is 5.75 Å². The molecule has 0 aliphatic carbocycles. The summed E-state index contributed by atoms with van der Waals surface area (Å²) in [5.41, 5.74) is 1.59. The number of nitrogens with zero attached hydrogens (tertiary/aromatic N) is 2. The maximum atomic E-state index is 13.2. The fraction of sp³-hybridized carbons (Fsp3) is 0.250. The van der Waals surface area contributed by atoms with Crippen molar-refractivity contribution >= 4 is 11.7 Å². The summed E-state index contributed by atoms with van der Waals surface area (Å²) in [5, 5.41) is 3.01. The molecule has 1 aliphatic rings. The minimum atomic E-state index is -0.196. The third-order valence-electron chi connectivity index (χ3n) is 4.93. The summed E-state index contributed by atoms with van der Waals surface area (Å²) >= 11 is 0. The number of carbonyl (C=O) groups excluding carboxylic acids is 1. The van der Waals surface area contributed by atoms with Crippen LogP contribution >= 0.6 is 0 Å². The van der Waals surface area contributed by atoms with Crippen molar-refractivity contribution in [3.8, 4) is 11.5 Å². The van der Waals surface area contributed by atoms with Gasteiger partial charge in [0.1, 0.15) is 5.75 Å². The molecule has 30 heavy (non-hydrogen) atoms. The molecule has 0 radical (unpaired) electrons. The average molecular weight is 403 g/mol. The van der Waals surface area contributed by atoms with Gasteiger partial charge in [-0.1, -0.05) is 36.4 Å². The number of amides is 2. The van der Waals surface area contributed by atoms with E-state index in [4.69, 9.17) is 9.47 Å². The van der Waals surface area contributed by atoms with Crippen LogP contribution < -0.4 is 10.1 Å². The predicted molar refractivity (Wildman–Crippen MR) is 116 cm³/mol. The van der Waals surface area contributed by atoms with Gasteiger partial charge in [-0.3, -0.25) is 4.98 Å². The smallest absolute Gasteiger partial charge is 0.322 e. The number of para-hydroxylation sites is 3. The fourth-order valence-electron chi connectivity index (χ4n) is 3.43. The van der Waals surface area contributed by atoms with Crippen molar-refractivity contribution in [3.05, 3.63) is 84.7 Å². The highest BCUT2D eigenvalue weighted by atomic mass is 16.5. The van der Waals surface area contributed by atoms with Crippen molar-refractivity contribution in [3.63, 3.8) is 0 Å². The number of carbonyl (C=O) groups is 1. The molecule has 1 aliphatic heterocycles. The Kier molecular flexibility index (Phi) is 6.57. The molecule has 3 aromatic rings. The second-order valence-corrected chi connectivity index (χ2v) is 7.22. The zero-order valence-electron chi connectivity index (χ0n) is 16.7. The van der Waals surface area contributed by atoms with E-state index in [-0.39, 0.29) is 12.1 Å². The highest BCUT2D eigenvalue weighted by Crippen LogP contribution is 2.29. The molecule has 154 valence electrons. The summed E-state index contributed by atoms with van der Waals surface area (Å²) < 4.78 is 11.7. The molecule has 4 rings (SSSR count). The van der Waals surface area contributed by atoms with Crippen LogP contribution in [0.4, 0.5) is 10.5 Å². The topological polar surface area (TPSA) is 63.7 Å². The molecular weight excluding hydrogens is 378 g/mol. The van der Waals surface area contributed by atoms with E-state index in [1.54, 1.807) is 17.3 Å². The molecule has 0 spiro atoms. The van der Waals surface area contributed by atoms with Crippen LogP contribution in [0.1, 0.15) is 18.4 Å². The Morgan fingerprint density at radius 3 is 2.70 bits per heavy atom. The molecule has 1 N–H and O–H groups in total. The molecule has 0 bridgehead atoms. The van der Waals surface area contributed by atoms with Gasteiger partial charge in [-0.25, -0.2) is 4.79 Å². The molecule has 1 aromatic heterocycles. The lowest BCUT2D eigenvalue weighted by atomic mass is 10.2. The van der Waals surface area contributed by atoms with Gasteiger partial charge in [-0.15, -0.1) is 0 Å². The van der Waals surface area contributed by atoms with Crippen molar-refractivity contribution in [2.24, 2.45) is 0 Å². The third-order valence-corrected chi connectivity index (χ3v) is 4.93. The van der Waals surface area contributed by atoms with Crippen LogP contribution in [0.15, 0.2) is 79.1 Å². The van der Waals surface area contributed by atoms with Crippen molar-refractivity contribution in [2.45, 2.75) is 25.5 Å². The Bertz CT molecular complexity index is 944. The quantitative estimate of drug-likeness (QED) is 0.597. The normalized spacial score (nSPS) is 15.5. The van der Waals surface area contributed by atoms with Gasteiger partial charge in [0, 0.05) is 32.1 Å². The van der Waals surface area contributed by atoms with E-state index in [9.17, 15) is 4.79 Å². The first kappa shape index (κ1) is 19.9. The van der Waals surface area contributed by atoms with Crippen molar-refractivity contribution in [1.82, 2.24) is 9.88 Å². The SMILES string of the molecule is O=C(Nc1ccccc1Oc1ccccc1)N(Cc1cccnc1)CC1CCCO1. The van der Waals surface area contributed by atoms with Crippen molar-refractivity contribution in [1.29, 1.82) is 0 Å². The van der Waals surface area contributed by atoms with E-state index in [0.29, 0.717) is 30.3 Å². The first-order valence-electron chi connectivity index (χ1n) is 10.2. The van der Waals surface area contributed by atoms with Crippen LogP contribution in [0.25, 0.3) is 0 Å². The lowest BCUT2D eigenvalue weighted by molar-refractivity contribution is 0.0819. The Morgan fingerprint density at radius 1 is 1.10 bits per heavy atom. The van der Waals surface area contributed by atoms with Gasteiger partial charge in [-0.05, 0) is 48.7 Å². The van der Waals surface area contributed by atoms with Crippen LogP contribution in [-0.4, -0.2) is 35.2 Å². The minimum Gasteiger partial charge on any atom is -0.455 e. The number of pyridine rings is 1. The number of anilines is 1. The Labute approximate surface area is 176 Å². The molecule has 1 atom stereocenters. The molecular formula is C24H25N3O3. The zero-order valence-corrected chi connectivity index (χ0v) is 16.7. The number of hydrogen-bond acceptors (Lipinski definition) is 4. The summed E-state index contributed by atoms with van der Waals surface area (Å²) in [6.07, 6.45) is 5.56. The second kappa shape index (κ2) is 9.89. The molecule has 2 heterocycles. The number of hydrogen-bond donors (Lipinski definition) is 1. The first-order valence-corrected chi connectivity index (χ1v) is 10.2. The van der Waals surface area contributed by atoms with Gasteiger partial charge >= 0.3 is 6.03 Å². The highest BCUT2D eigenvalue weighted by Gasteiger charge is 2.23. The summed E-state index contributed by atoms with van der Waals surface area (Å²) in [6, 6.07) is 20.6. The molecule has 6 nitrogen and oxygen atoms in total. The number of rotatable bonds is 7. The number of aromatic nitrogens is 1. The fourth-order valence-corrected chi connectivity index (χ4v) is 3.43. The largest absolute Gasteiger partial charge is 0.455 e. The van der Waals surface area contributed by atoms with E-state index >= 15 is 0 Å². The third kappa shape index (κ3) is 5.36. The molecule has 1 fully saturated rings. The van der Waals surface area contributed by atoms with E-state index in [1.807, 2.05) is 66.7 Å². The number of nitrogens with one attached hydrogen (secondary N) is 1.